The first kappa shape index (κ1) is 13.8. The Balaban J connectivity index is 2.22. The van der Waals surface area contributed by atoms with E-state index in [1.54, 1.807) is 25.3 Å². The van der Waals surface area contributed by atoms with Crippen molar-refractivity contribution in [2.45, 2.75) is 25.8 Å². The quantitative estimate of drug-likeness (QED) is 0.912. The lowest BCUT2D eigenvalue weighted by molar-refractivity contribution is 0.372. The summed E-state index contributed by atoms with van der Waals surface area (Å²) >= 11 is 5.91. The Kier molecular flexibility index (Phi) is 4.39. The molecule has 2 aromatic rings. The summed E-state index contributed by atoms with van der Waals surface area (Å²) in [5.74, 6) is 1.68. The first-order chi connectivity index (χ1) is 9.10. The van der Waals surface area contributed by atoms with Crippen molar-refractivity contribution in [1.29, 1.82) is 0 Å². The molecule has 0 radical (unpaired) electrons. The molecule has 1 unspecified atom stereocenters. The van der Waals surface area contributed by atoms with Crippen molar-refractivity contribution >= 4 is 11.6 Å². The van der Waals surface area contributed by atoms with Gasteiger partial charge in [0.05, 0.1) is 12.7 Å². The van der Waals surface area contributed by atoms with Crippen LogP contribution in [0.15, 0.2) is 22.7 Å². The van der Waals surface area contributed by atoms with Gasteiger partial charge in [-0.05, 0) is 31.5 Å². The van der Waals surface area contributed by atoms with Crippen LogP contribution in [0.4, 0.5) is 0 Å². The maximum atomic E-state index is 5.91. The number of benzene rings is 1. The van der Waals surface area contributed by atoms with E-state index < -0.39 is 0 Å². The Hall–Kier alpha value is -1.59. The van der Waals surface area contributed by atoms with Gasteiger partial charge in [0.25, 0.3) is 0 Å². The molecule has 0 saturated carbocycles. The Bertz CT molecular complexity index is 555. The molecule has 102 valence electrons. The van der Waals surface area contributed by atoms with Crippen LogP contribution >= 0.6 is 11.6 Å². The van der Waals surface area contributed by atoms with Gasteiger partial charge in [-0.1, -0.05) is 16.8 Å². The molecule has 1 aromatic carbocycles. The van der Waals surface area contributed by atoms with E-state index in [9.17, 15) is 0 Å². The Morgan fingerprint density at radius 3 is 2.95 bits per heavy atom. The maximum Gasteiger partial charge on any atom is 0.227 e. The molecule has 6 heteroatoms. The number of ether oxygens (including phenoxy) is 1. The Labute approximate surface area is 116 Å². The highest BCUT2D eigenvalue weighted by atomic mass is 35.5. The van der Waals surface area contributed by atoms with Crippen LogP contribution < -0.4 is 10.5 Å². The lowest BCUT2D eigenvalue weighted by Crippen LogP contribution is -2.15. The maximum absolute atomic E-state index is 5.91. The molecule has 0 aliphatic rings. The van der Waals surface area contributed by atoms with Crippen LogP contribution in [-0.2, 0) is 6.42 Å². The van der Waals surface area contributed by atoms with Gasteiger partial charge in [0.2, 0.25) is 11.7 Å². The van der Waals surface area contributed by atoms with E-state index in [1.165, 1.54) is 0 Å². The van der Waals surface area contributed by atoms with Crippen molar-refractivity contribution in [2.75, 3.05) is 7.11 Å². The van der Waals surface area contributed by atoms with Gasteiger partial charge in [-0.25, -0.2) is 0 Å². The first-order valence-electron chi connectivity index (χ1n) is 6.02. The van der Waals surface area contributed by atoms with E-state index in [4.69, 9.17) is 26.6 Å². The predicted octanol–water partition coefficient (Wildman–Crippen LogP) is 2.68. The SMILES string of the molecule is COc1cc(Cl)ccc1-c1noc(CCC(C)N)n1. The van der Waals surface area contributed by atoms with Gasteiger partial charge >= 0.3 is 0 Å². The third-order valence-corrected chi connectivity index (χ3v) is 2.92. The summed E-state index contributed by atoms with van der Waals surface area (Å²) in [6.07, 6.45) is 1.47. The number of aromatic nitrogens is 2. The van der Waals surface area contributed by atoms with Crippen LogP contribution in [-0.4, -0.2) is 23.3 Å². The van der Waals surface area contributed by atoms with Gasteiger partial charge in [0.15, 0.2) is 0 Å². The minimum absolute atomic E-state index is 0.111. The second-order valence-electron chi connectivity index (χ2n) is 4.37. The van der Waals surface area contributed by atoms with Gasteiger partial charge in [-0.3, -0.25) is 0 Å². The normalized spacial score (nSPS) is 12.4. The Morgan fingerprint density at radius 1 is 1.47 bits per heavy atom. The average molecular weight is 282 g/mol. The third-order valence-electron chi connectivity index (χ3n) is 2.69. The van der Waals surface area contributed by atoms with Crippen LogP contribution in [0.2, 0.25) is 5.02 Å². The molecule has 0 aliphatic carbocycles. The first-order valence-corrected chi connectivity index (χ1v) is 6.40. The van der Waals surface area contributed by atoms with Crippen LogP contribution in [0.5, 0.6) is 5.75 Å². The van der Waals surface area contributed by atoms with Crippen LogP contribution in [0.3, 0.4) is 0 Å². The highest BCUT2D eigenvalue weighted by Gasteiger charge is 2.13. The molecule has 2 rings (SSSR count). The fourth-order valence-corrected chi connectivity index (χ4v) is 1.83. The second kappa shape index (κ2) is 6.04. The number of hydrogen-bond acceptors (Lipinski definition) is 5. The fourth-order valence-electron chi connectivity index (χ4n) is 1.67. The van der Waals surface area contributed by atoms with E-state index in [2.05, 4.69) is 10.1 Å². The molecule has 2 N–H and O–H groups in total. The molecule has 0 spiro atoms. The van der Waals surface area contributed by atoms with Gasteiger partial charge in [0, 0.05) is 17.5 Å². The Morgan fingerprint density at radius 2 is 2.26 bits per heavy atom. The van der Waals surface area contributed by atoms with Crippen LogP contribution in [0.25, 0.3) is 11.4 Å². The third kappa shape index (κ3) is 3.45. The highest BCUT2D eigenvalue weighted by Crippen LogP contribution is 2.30. The summed E-state index contributed by atoms with van der Waals surface area (Å²) in [7, 11) is 1.58. The molecule has 0 aliphatic heterocycles. The van der Waals surface area contributed by atoms with Crippen molar-refractivity contribution in [3.63, 3.8) is 0 Å². The largest absolute Gasteiger partial charge is 0.496 e. The van der Waals surface area contributed by atoms with Crippen molar-refractivity contribution < 1.29 is 9.26 Å². The zero-order valence-electron chi connectivity index (χ0n) is 10.9. The summed E-state index contributed by atoms with van der Waals surface area (Å²) in [5, 5.41) is 4.55. The standard InChI is InChI=1S/C13H16ClN3O2/c1-8(15)3-6-12-16-13(17-19-12)10-5-4-9(14)7-11(10)18-2/h4-5,7-8H,3,6,15H2,1-2H3. The van der Waals surface area contributed by atoms with Crippen LogP contribution in [0, 0.1) is 0 Å². The molecule has 5 nitrogen and oxygen atoms in total. The van der Waals surface area contributed by atoms with E-state index in [0.29, 0.717) is 28.9 Å². The minimum atomic E-state index is 0.111. The summed E-state index contributed by atoms with van der Waals surface area (Å²) in [4.78, 5) is 4.33. The summed E-state index contributed by atoms with van der Waals surface area (Å²) in [6.45, 7) is 1.94. The highest BCUT2D eigenvalue weighted by molar-refractivity contribution is 6.30. The van der Waals surface area contributed by atoms with Gasteiger partial charge in [-0.2, -0.15) is 4.98 Å². The molecule has 0 amide bonds. The number of nitrogens with zero attached hydrogens (tertiary/aromatic N) is 2. The molecular formula is C13H16ClN3O2. The number of halogens is 1. The smallest absolute Gasteiger partial charge is 0.227 e. The topological polar surface area (TPSA) is 74.2 Å². The minimum Gasteiger partial charge on any atom is -0.496 e. The predicted molar refractivity (Wildman–Crippen MR) is 73.3 cm³/mol. The summed E-state index contributed by atoms with van der Waals surface area (Å²) in [5.41, 5.74) is 6.45. The van der Waals surface area contributed by atoms with Gasteiger partial charge in [-0.15, -0.1) is 0 Å². The molecule has 0 saturated heterocycles. The van der Waals surface area contributed by atoms with Crippen molar-refractivity contribution in [3.05, 3.63) is 29.1 Å². The number of hydrogen-bond donors (Lipinski definition) is 1. The van der Waals surface area contributed by atoms with Gasteiger partial charge < -0.3 is 15.0 Å². The van der Waals surface area contributed by atoms with Crippen LogP contribution in [0.1, 0.15) is 19.2 Å². The number of nitrogens with two attached hydrogens (primary N) is 1. The fraction of sp³-hybridized carbons (Fsp3) is 0.385. The average Bonchev–Trinajstić information content (AvgIpc) is 2.84. The molecule has 1 atom stereocenters. The number of rotatable bonds is 5. The van der Waals surface area contributed by atoms with E-state index >= 15 is 0 Å². The lowest BCUT2D eigenvalue weighted by atomic mass is 10.2. The molecule has 19 heavy (non-hydrogen) atoms. The monoisotopic (exact) mass is 281 g/mol. The number of aryl methyl sites for hydroxylation is 1. The van der Waals surface area contributed by atoms with Gasteiger partial charge in [0.1, 0.15) is 5.75 Å². The second-order valence-corrected chi connectivity index (χ2v) is 4.81. The molecule has 0 bridgehead atoms. The van der Waals surface area contributed by atoms with Crippen molar-refractivity contribution in [3.8, 4) is 17.1 Å². The van der Waals surface area contributed by atoms with E-state index in [1.807, 2.05) is 6.92 Å². The molecule has 1 heterocycles. The molecule has 0 fully saturated rings. The molecule has 1 aromatic heterocycles. The zero-order chi connectivity index (χ0) is 13.8. The van der Waals surface area contributed by atoms with Crippen molar-refractivity contribution in [1.82, 2.24) is 10.1 Å². The summed E-state index contributed by atoms with van der Waals surface area (Å²) in [6, 6.07) is 5.40. The summed E-state index contributed by atoms with van der Waals surface area (Å²) < 4.78 is 10.5. The number of methoxy groups -OCH3 is 1. The zero-order valence-corrected chi connectivity index (χ0v) is 11.6. The van der Waals surface area contributed by atoms with E-state index in [-0.39, 0.29) is 6.04 Å². The lowest BCUT2D eigenvalue weighted by Gasteiger charge is -2.04. The van der Waals surface area contributed by atoms with Crippen molar-refractivity contribution in [2.24, 2.45) is 5.73 Å². The molecular weight excluding hydrogens is 266 g/mol. The van der Waals surface area contributed by atoms with E-state index in [0.717, 1.165) is 12.0 Å².